The first-order chi connectivity index (χ1) is 7.20. The van der Waals surface area contributed by atoms with Crippen molar-refractivity contribution in [2.24, 2.45) is 5.92 Å². The maximum Gasteiger partial charge on any atom is 0.200 e. The molecule has 0 bridgehead atoms. The van der Waals surface area contributed by atoms with Crippen LogP contribution in [0.25, 0.3) is 0 Å². The Kier molecular flexibility index (Phi) is 5.41. The van der Waals surface area contributed by atoms with Crippen LogP contribution in [0.1, 0.15) is 26.3 Å². The second-order valence-corrected chi connectivity index (χ2v) is 3.93. The first-order valence-corrected chi connectivity index (χ1v) is 4.68. The highest BCUT2D eigenvalue weighted by Gasteiger charge is 2.22. The van der Waals surface area contributed by atoms with Gasteiger partial charge in [-0.05, 0) is 12.8 Å². The van der Waals surface area contributed by atoms with Gasteiger partial charge in [-0.2, -0.15) is 0 Å². The van der Waals surface area contributed by atoms with Crippen molar-refractivity contribution in [1.29, 1.82) is 0 Å². The third-order valence-electron chi connectivity index (χ3n) is 1.43. The molecule has 0 spiro atoms. The number of halogens is 5. The number of hydrogen-bond acceptors (Lipinski definition) is 0. The van der Waals surface area contributed by atoms with Crippen molar-refractivity contribution >= 4 is 0 Å². The molecule has 0 atom stereocenters. The highest BCUT2D eigenvalue weighted by Crippen LogP contribution is 2.21. The highest BCUT2D eigenvalue weighted by atomic mass is 19.2. The van der Waals surface area contributed by atoms with E-state index in [-0.39, 0.29) is 0 Å². The first-order valence-electron chi connectivity index (χ1n) is 4.68. The summed E-state index contributed by atoms with van der Waals surface area (Å²) in [5.74, 6) is -8.69. The third-order valence-corrected chi connectivity index (χ3v) is 1.43. The fourth-order valence-corrected chi connectivity index (χ4v) is 0.715. The van der Waals surface area contributed by atoms with Crippen LogP contribution in [0.5, 0.6) is 0 Å². The quantitative estimate of drug-likeness (QED) is 0.359. The zero-order chi connectivity index (χ0) is 13.0. The van der Waals surface area contributed by atoms with E-state index in [1.54, 1.807) is 0 Å². The van der Waals surface area contributed by atoms with Crippen LogP contribution < -0.4 is 0 Å². The Morgan fingerprint density at radius 3 is 1.06 bits per heavy atom. The van der Waals surface area contributed by atoms with Crippen molar-refractivity contribution in [1.82, 2.24) is 0 Å². The van der Waals surface area contributed by atoms with Crippen LogP contribution in [-0.2, 0) is 0 Å². The lowest BCUT2D eigenvalue weighted by Gasteiger charge is -2.02. The average Bonchev–Trinajstić information content (AvgIpc) is 2.20. The number of hydrogen-bond donors (Lipinski definition) is 0. The Labute approximate surface area is 91.1 Å². The molecule has 1 aromatic carbocycles. The molecule has 0 aromatic heterocycles. The molecule has 1 rings (SSSR count). The lowest BCUT2D eigenvalue weighted by atomic mass is 10.2. The van der Waals surface area contributed by atoms with Crippen molar-refractivity contribution in [3.05, 3.63) is 34.6 Å². The van der Waals surface area contributed by atoms with E-state index in [1.165, 1.54) is 0 Å². The summed E-state index contributed by atoms with van der Waals surface area (Å²) in [4.78, 5) is 0. The van der Waals surface area contributed by atoms with Crippen molar-refractivity contribution in [3.8, 4) is 0 Å². The second kappa shape index (κ2) is 5.82. The van der Waals surface area contributed by atoms with Crippen LogP contribution in [-0.4, -0.2) is 0 Å². The molecular weight excluding hydrogens is 227 g/mol. The minimum Gasteiger partial charge on any atom is -0.203 e. The van der Waals surface area contributed by atoms with E-state index in [0.717, 1.165) is 12.8 Å². The maximum absolute atomic E-state index is 12.4. The van der Waals surface area contributed by atoms with Gasteiger partial charge in [0, 0.05) is 5.56 Å². The minimum atomic E-state index is -2.13. The van der Waals surface area contributed by atoms with Gasteiger partial charge in [0.2, 0.25) is 5.82 Å². The van der Waals surface area contributed by atoms with Crippen LogP contribution in [0.4, 0.5) is 22.0 Å². The Bertz CT molecular complexity index is 263. The zero-order valence-electron chi connectivity index (χ0n) is 9.47. The predicted molar refractivity (Wildman–Crippen MR) is 51.5 cm³/mol. The van der Waals surface area contributed by atoms with Crippen LogP contribution >= 0.6 is 0 Å². The standard InChI is InChI=1S/C7H3F5.C4H10/c1-2-3(8)5(10)7(12)6(11)4(2)9;1-4(2)3/h1H3;4H,1-3H3. The predicted octanol–water partition coefficient (Wildman–Crippen LogP) is 4.35. The van der Waals surface area contributed by atoms with Gasteiger partial charge in [-0.3, -0.25) is 0 Å². The van der Waals surface area contributed by atoms with Crippen molar-refractivity contribution in [2.75, 3.05) is 0 Å². The van der Waals surface area contributed by atoms with Crippen LogP contribution in [0.2, 0.25) is 0 Å². The molecule has 0 fully saturated rings. The Morgan fingerprint density at radius 1 is 0.625 bits per heavy atom. The third kappa shape index (κ3) is 3.47. The van der Waals surface area contributed by atoms with Gasteiger partial charge in [0.15, 0.2) is 23.3 Å². The van der Waals surface area contributed by atoms with Crippen LogP contribution in [0, 0.1) is 41.9 Å². The minimum absolute atomic E-state index is 0.816. The molecule has 16 heavy (non-hydrogen) atoms. The molecule has 0 heterocycles. The molecule has 0 aliphatic heterocycles. The average molecular weight is 240 g/mol. The van der Waals surface area contributed by atoms with E-state index >= 15 is 0 Å². The molecule has 0 aliphatic carbocycles. The van der Waals surface area contributed by atoms with E-state index in [4.69, 9.17) is 0 Å². The monoisotopic (exact) mass is 240 g/mol. The molecule has 92 valence electrons. The van der Waals surface area contributed by atoms with Gasteiger partial charge >= 0.3 is 0 Å². The first kappa shape index (κ1) is 14.9. The SMILES string of the molecule is CC(C)C.Cc1c(F)c(F)c(F)c(F)c1F. The molecule has 0 nitrogen and oxygen atoms in total. The Hall–Kier alpha value is -1.13. The smallest absolute Gasteiger partial charge is 0.200 e. The molecule has 5 heteroatoms. The lowest BCUT2D eigenvalue weighted by molar-refractivity contribution is 0.373. The molecule has 0 N–H and O–H groups in total. The normalized spacial score (nSPS) is 10.1. The molecule has 0 unspecified atom stereocenters. The Morgan fingerprint density at radius 2 is 0.812 bits per heavy atom. The van der Waals surface area contributed by atoms with Gasteiger partial charge < -0.3 is 0 Å². The van der Waals surface area contributed by atoms with E-state index < -0.39 is 34.6 Å². The van der Waals surface area contributed by atoms with Crippen molar-refractivity contribution < 1.29 is 22.0 Å². The maximum atomic E-state index is 12.4. The van der Waals surface area contributed by atoms with E-state index in [1.807, 2.05) is 0 Å². The second-order valence-electron chi connectivity index (χ2n) is 3.93. The summed E-state index contributed by atoms with van der Waals surface area (Å²) in [6, 6.07) is 0. The van der Waals surface area contributed by atoms with Gasteiger partial charge in [-0.25, -0.2) is 22.0 Å². The molecule has 0 aliphatic rings. The number of rotatable bonds is 0. The van der Waals surface area contributed by atoms with Crippen molar-refractivity contribution in [3.63, 3.8) is 0 Å². The summed E-state index contributed by atoms with van der Waals surface area (Å²) >= 11 is 0. The molecule has 0 radical (unpaired) electrons. The van der Waals surface area contributed by atoms with E-state index in [0.29, 0.717) is 0 Å². The highest BCUT2D eigenvalue weighted by molar-refractivity contribution is 5.22. The molecule has 0 saturated heterocycles. The van der Waals surface area contributed by atoms with Gasteiger partial charge in [0.1, 0.15) is 0 Å². The van der Waals surface area contributed by atoms with Crippen molar-refractivity contribution in [2.45, 2.75) is 27.7 Å². The summed E-state index contributed by atoms with van der Waals surface area (Å²) in [6.07, 6.45) is 0. The lowest BCUT2D eigenvalue weighted by Crippen LogP contribution is -2.03. The summed E-state index contributed by atoms with van der Waals surface area (Å²) in [6.45, 7) is 7.32. The Balaban J connectivity index is 0.000000487. The van der Waals surface area contributed by atoms with E-state index in [2.05, 4.69) is 20.8 Å². The summed E-state index contributed by atoms with van der Waals surface area (Å²) < 4.78 is 61.6. The van der Waals surface area contributed by atoms with Gasteiger partial charge in [0.05, 0.1) is 0 Å². The molecule has 0 saturated carbocycles. The fraction of sp³-hybridized carbons (Fsp3) is 0.455. The zero-order valence-corrected chi connectivity index (χ0v) is 9.47. The summed E-state index contributed by atoms with van der Waals surface area (Å²) in [5, 5.41) is 0. The van der Waals surface area contributed by atoms with Crippen LogP contribution in [0.15, 0.2) is 0 Å². The molecular formula is C11H13F5. The molecule has 0 amide bonds. The fourth-order valence-electron chi connectivity index (χ4n) is 0.715. The summed E-state index contributed by atoms with van der Waals surface area (Å²) in [5.41, 5.74) is -0.869. The van der Waals surface area contributed by atoms with Gasteiger partial charge in [-0.1, -0.05) is 20.8 Å². The molecule has 1 aromatic rings. The summed E-state index contributed by atoms with van der Waals surface area (Å²) in [7, 11) is 0. The van der Waals surface area contributed by atoms with E-state index in [9.17, 15) is 22.0 Å². The van der Waals surface area contributed by atoms with Crippen LogP contribution in [0.3, 0.4) is 0 Å². The topological polar surface area (TPSA) is 0 Å². The van der Waals surface area contributed by atoms with Gasteiger partial charge in [0.25, 0.3) is 0 Å². The number of benzene rings is 1. The largest absolute Gasteiger partial charge is 0.203 e. The van der Waals surface area contributed by atoms with Gasteiger partial charge in [-0.15, -0.1) is 0 Å².